The molecule has 2 aliphatic rings. The lowest BCUT2D eigenvalue weighted by Gasteiger charge is -2.37. The first kappa shape index (κ1) is 17.4. The first-order chi connectivity index (χ1) is 11.7. The van der Waals surface area contributed by atoms with Crippen LogP contribution in [0.4, 0.5) is 4.39 Å². The van der Waals surface area contributed by atoms with Crippen molar-refractivity contribution in [3.05, 3.63) is 35.6 Å². The second-order valence-electron chi connectivity index (χ2n) is 7.20. The molecule has 0 spiro atoms. The lowest BCUT2D eigenvalue weighted by Crippen LogP contribution is -2.45. The highest BCUT2D eigenvalue weighted by atomic mass is 19.1. The van der Waals surface area contributed by atoms with Gasteiger partial charge in [0.2, 0.25) is 0 Å². The molecule has 0 aromatic heterocycles. The van der Waals surface area contributed by atoms with E-state index in [9.17, 15) is 9.18 Å². The van der Waals surface area contributed by atoms with Crippen LogP contribution in [0, 0.1) is 5.82 Å². The molecule has 2 heterocycles. The minimum Gasteiger partial charge on any atom is -0.336 e. The Kier molecular flexibility index (Phi) is 6.24. The minimum absolute atomic E-state index is 0.0653. The van der Waals surface area contributed by atoms with Gasteiger partial charge >= 0.3 is 0 Å². The number of halogens is 1. The Morgan fingerprint density at radius 2 is 1.62 bits per heavy atom. The number of benzene rings is 1. The lowest BCUT2D eigenvalue weighted by molar-refractivity contribution is 0.0584. The number of carbonyl (C=O) groups is 1. The fraction of sp³-hybridized carbons (Fsp3) is 0.650. The van der Waals surface area contributed by atoms with E-state index in [1.54, 1.807) is 12.1 Å². The molecule has 24 heavy (non-hydrogen) atoms. The van der Waals surface area contributed by atoms with E-state index in [0.29, 0.717) is 11.6 Å². The maximum atomic E-state index is 13.1. The van der Waals surface area contributed by atoms with E-state index in [1.165, 1.54) is 57.3 Å². The second-order valence-corrected chi connectivity index (χ2v) is 7.20. The zero-order valence-electron chi connectivity index (χ0n) is 14.6. The van der Waals surface area contributed by atoms with Gasteiger partial charge in [0, 0.05) is 24.7 Å². The summed E-state index contributed by atoms with van der Waals surface area (Å²) in [6, 6.07) is 6.31. The molecule has 0 aliphatic carbocycles. The smallest absolute Gasteiger partial charge is 0.254 e. The molecule has 1 aromatic rings. The van der Waals surface area contributed by atoms with Gasteiger partial charge in [-0.05, 0) is 75.9 Å². The third-order valence-corrected chi connectivity index (χ3v) is 5.46. The predicted molar refractivity (Wildman–Crippen MR) is 94.6 cm³/mol. The van der Waals surface area contributed by atoms with Gasteiger partial charge in [0.1, 0.15) is 5.82 Å². The molecule has 0 bridgehead atoms. The van der Waals surface area contributed by atoms with Crippen molar-refractivity contribution >= 4 is 5.91 Å². The molecule has 2 fully saturated rings. The first-order valence-electron chi connectivity index (χ1n) is 9.53. The van der Waals surface area contributed by atoms with Gasteiger partial charge in [-0.2, -0.15) is 0 Å². The fourth-order valence-corrected chi connectivity index (χ4v) is 4.02. The van der Waals surface area contributed by atoms with Crippen LogP contribution in [-0.4, -0.2) is 47.9 Å². The van der Waals surface area contributed by atoms with Gasteiger partial charge in [-0.1, -0.05) is 12.8 Å². The summed E-state index contributed by atoms with van der Waals surface area (Å²) in [5.41, 5.74) is 0.609. The zero-order chi connectivity index (χ0) is 16.8. The molecule has 1 aromatic carbocycles. The summed E-state index contributed by atoms with van der Waals surface area (Å²) in [6.07, 6.45) is 9.77. The van der Waals surface area contributed by atoms with Crippen molar-refractivity contribution < 1.29 is 9.18 Å². The summed E-state index contributed by atoms with van der Waals surface area (Å²) < 4.78 is 13.1. The van der Waals surface area contributed by atoms with Gasteiger partial charge in [0.25, 0.3) is 5.91 Å². The molecular weight excluding hydrogens is 303 g/mol. The summed E-state index contributed by atoms with van der Waals surface area (Å²) >= 11 is 0. The van der Waals surface area contributed by atoms with Crippen molar-refractivity contribution in [3.63, 3.8) is 0 Å². The number of amides is 1. The van der Waals surface area contributed by atoms with E-state index >= 15 is 0 Å². The Bertz CT molecular complexity index is 523. The standard InChI is InChI=1S/C20H29FN2O/c21-18-10-8-17(9-11-18)20(24)23-15-6-3-7-19(23)12-16-22-13-4-1-2-5-14-22/h8-11,19H,1-7,12-16H2/t19-/m1/s1. The fourth-order valence-electron chi connectivity index (χ4n) is 4.02. The van der Waals surface area contributed by atoms with Crippen LogP contribution in [-0.2, 0) is 0 Å². The maximum absolute atomic E-state index is 13.1. The highest BCUT2D eigenvalue weighted by molar-refractivity contribution is 5.94. The van der Waals surface area contributed by atoms with E-state index in [4.69, 9.17) is 0 Å². The van der Waals surface area contributed by atoms with Crippen LogP contribution in [0.15, 0.2) is 24.3 Å². The van der Waals surface area contributed by atoms with Crippen molar-refractivity contribution in [2.45, 2.75) is 57.4 Å². The van der Waals surface area contributed by atoms with Crippen LogP contribution < -0.4 is 0 Å². The summed E-state index contributed by atoms with van der Waals surface area (Å²) in [5, 5.41) is 0. The molecule has 1 amide bonds. The number of likely N-dealkylation sites (tertiary alicyclic amines) is 2. The number of carbonyl (C=O) groups excluding carboxylic acids is 1. The zero-order valence-corrected chi connectivity index (χ0v) is 14.6. The van der Waals surface area contributed by atoms with E-state index in [2.05, 4.69) is 4.90 Å². The minimum atomic E-state index is -0.289. The van der Waals surface area contributed by atoms with Crippen LogP contribution in [0.5, 0.6) is 0 Å². The summed E-state index contributed by atoms with van der Waals surface area (Å²) in [6.45, 7) is 4.34. The predicted octanol–water partition coefficient (Wildman–Crippen LogP) is 4.09. The number of nitrogens with zero attached hydrogens (tertiary/aromatic N) is 2. The van der Waals surface area contributed by atoms with Crippen LogP contribution in [0.3, 0.4) is 0 Å². The molecule has 2 aliphatic heterocycles. The molecule has 3 rings (SSSR count). The molecule has 4 heteroatoms. The van der Waals surface area contributed by atoms with E-state index in [0.717, 1.165) is 32.4 Å². The Morgan fingerprint density at radius 1 is 0.958 bits per heavy atom. The Balaban J connectivity index is 1.60. The van der Waals surface area contributed by atoms with Crippen molar-refractivity contribution in [2.75, 3.05) is 26.2 Å². The average molecular weight is 332 g/mol. The topological polar surface area (TPSA) is 23.6 Å². The summed E-state index contributed by atoms with van der Waals surface area (Å²) in [7, 11) is 0. The number of hydrogen-bond acceptors (Lipinski definition) is 2. The van der Waals surface area contributed by atoms with Gasteiger partial charge in [-0.25, -0.2) is 4.39 Å². The Morgan fingerprint density at radius 3 is 2.33 bits per heavy atom. The second kappa shape index (κ2) is 8.61. The van der Waals surface area contributed by atoms with Crippen molar-refractivity contribution in [2.24, 2.45) is 0 Å². The Hall–Kier alpha value is -1.42. The maximum Gasteiger partial charge on any atom is 0.254 e. The molecule has 3 nitrogen and oxygen atoms in total. The molecule has 0 unspecified atom stereocenters. The van der Waals surface area contributed by atoms with Crippen molar-refractivity contribution in [1.82, 2.24) is 9.80 Å². The molecule has 0 radical (unpaired) electrons. The van der Waals surface area contributed by atoms with E-state index < -0.39 is 0 Å². The van der Waals surface area contributed by atoms with Gasteiger partial charge in [-0.3, -0.25) is 4.79 Å². The van der Waals surface area contributed by atoms with Crippen molar-refractivity contribution in [1.29, 1.82) is 0 Å². The molecule has 132 valence electrons. The van der Waals surface area contributed by atoms with Crippen LogP contribution in [0.25, 0.3) is 0 Å². The quantitative estimate of drug-likeness (QED) is 0.829. The number of piperidine rings is 1. The van der Waals surface area contributed by atoms with Gasteiger partial charge in [-0.15, -0.1) is 0 Å². The monoisotopic (exact) mass is 332 g/mol. The molecule has 0 saturated carbocycles. The van der Waals surface area contributed by atoms with Crippen LogP contribution in [0.1, 0.15) is 61.7 Å². The number of hydrogen-bond donors (Lipinski definition) is 0. The SMILES string of the molecule is O=C(c1ccc(F)cc1)N1CCCC[C@@H]1CCN1CCCCCC1. The normalized spacial score (nSPS) is 23.0. The Labute approximate surface area is 144 Å². The summed E-state index contributed by atoms with van der Waals surface area (Å²) in [5.74, 6) is -0.224. The molecule has 2 saturated heterocycles. The number of rotatable bonds is 4. The van der Waals surface area contributed by atoms with E-state index in [1.807, 2.05) is 4.90 Å². The van der Waals surface area contributed by atoms with Gasteiger partial charge in [0.05, 0.1) is 0 Å². The van der Waals surface area contributed by atoms with Crippen molar-refractivity contribution in [3.8, 4) is 0 Å². The first-order valence-corrected chi connectivity index (χ1v) is 9.53. The third-order valence-electron chi connectivity index (χ3n) is 5.46. The lowest BCUT2D eigenvalue weighted by atomic mass is 9.97. The third kappa shape index (κ3) is 4.56. The summed E-state index contributed by atoms with van der Waals surface area (Å²) in [4.78, 5) is 17.4. The van der Waals surface area contributed by atoms with Gasteiger partial charge < -0.3 is 9.80 Å². The molecular formula is C20H29FN2O. The van der Waals surface area contributed by atoms with Crippen LogP contribution in [0.2, 0.25) is 0 Å². The highest BCUT2D eigenvalue weighted by Crippen LogP contribution is 2.23. The van der Waals surface area contributed by atoms with Gasteiger partial charge in [0.15, 0.2) is 0 Å². The molecule has 0 N–H and O–H groups in total. The highest BCUT2D eigenvalue weighted by Gasteiger charge is 2.27. The largest absolute Gasteiger partial charge is 0.336 e. The van der Waals surface area contributed by atoms with E-state index in [-0.39, 0.29) is 11.7 Å². The average Bonchev–Trinajstić information content (AvgIpc) is 2.89. The molecule has 1 atom stereocenters. The van der Waals surface area contributed by atoms with Crippen LogP contribution >= 0.6 is 0 Å².